The van der Waals surface area contributed by atoms with Gasteiger partial charge in [-0.25, -0.2) is 0 Å². The number of hydrogen-bond acceptors (Lipinski definition) is 5. The van der Waals surface area contributed by atoms with E-state index in [4.69, 9.17) is 4.42 Å². The first kappa shape index (κ1) is 19.6. The highest BCUT2D eigenvalue weighted by molar-refractivity contribution is 6.39. The number of carbonyl (C=O) groups excluding carboxylic acids is 3. The average molecular weight is 385 g/mol. The SMILES string of the molecule is O=C(NCCC(O)c1ccoc1)C(=O)Nc1cccc(N2CCCCC2=O)c1. The highest BCUT2D eigenvalue weighted by Gasteiger charge is 2.20. The smallest absolute Gasteiger partial charge is 0.313 e. The monoisotopic (exact) mass is 385 g/mol. The van der Waals surface area contributed by atoms with Gasteiger partial charge in [-0.2, -0.15) is 0 Å². The van der Waals surface area contributed by atoms with Crippen LogP contribution in [0.4, 0.5) is 11.4 Å². The molecule has 1 aromatic heterocycles. The second kappa shape index (κ2) is 9.18. The van der Waals surface area contributed by atoms with Crippen molar-refractivity contribution >= 4 is 29.1 Å². The maximum absolute atomic E-state index is 12.1. The molecule has 3 rings (SSSR count). The first-order valence-corrected chi connectivity index (χ1v) is 9.24. The quantitative estimate of drug-likeness (QED) is 0.658. The predicted octanol–water partition coefficient (Wildman–Crippen LogP) is 1.97. The molecular formula is C20H23N3O5. The van der Waals surface area contributed by atoms with Crippen LogP contribution in [0, 0.1) is 0 Å². The van der Waals surface area contributed by atoms with Crippen molar-refractivity contribution in [3.05, 3.63) is 48.4 Å². The lowest BCUT2D eigenvalue weighted by molar-refractivity contribution is -0.136. The molecule has 0 spiro atoms. The van der Waals surface area contributed by atoms with Crippen molar-refractivity contribution in [3.63, 3.8) is 0 Å². The van der Waals surface area contributed by atoms with Crippen molar-refractivity contribution in [1.82, 2.24) is 5.32 Å². The van der Waals surface area contributed by atoms with Gasteiger partial charge in [-0.1, -0.05) is 6.07 Å². The van der Waals surface area contributed by atoms with Gasteiger partial charge in [0.05, 0.1) is 18.6 Å². The van der Waals surface area contributed by atoms with Crippen LogP contribution in [0.2, 0.25) is 0 Å². The van der Waals surface area contributed by atoms with Gasteiger partial charge in [0, 0.05) is 36.4 Å². The van der Waals surface area contributed by atoms with Gasteiger partial charge >= 0.3 is 11.8 Å². The molecule has 8 heteroatoms. The van der Waals surface area contributed by atoms with Crippen LogP contribution in [0.15, 0.2) is 47.3 Å². The second-order valence-corrected chi connectivity index (χ2v) is 6.62. The molecule has 0 radical (unpaired) electrons. The number of carbonyl (C=O) groups is 3. The van der Waals surface area contributed by atoms with Crippen LogP contribution in [0.5, 0.6) is 0 Å². The summed E-state index contributed by atoms with van der Waals surface area (Å²) >= 11 is 0. The van der Waals surface area contributed by atoms with Crippen molar-refractivity contribution in [1.29, 1.82) is 0 Å². The van der Waals surface area contributed by atoms with E-state index < -0.39 is 17.9 Å². The molecule has 1 fully saturated rings. The Labute approximate surface area is 162 Å². The molecule has 1 aromatic carbocycles. The average Bonchev–Trinajstić information content (AvgIpc) is 3.23. The number of nitrogens with one attached hydrogen (secondary N) is 2. The van der Waals surface area contributed by atoms with E-state index >= 15 is 0 Å². The standard InChI is InChI=1S/C20H23N3O5/c24-17(14-8-11-28-13-14)7-9-21-19(26)20(27)22-15-4-3-5-16(12-15)23-10-2-1-6-18(23)25/h3-5,8,11-13,17,24H,1-2,6-7,9-10H2,(H,21,26)(H,22,27). The summed E-state index contributed by atoms with van der Waals surface area (Å²) in [6, 6.07) is 8.50. The molecule has 1 atom stereocenters. The molecule has 1 saturated heterocycles. The molecule has 0 bridgehead atoms. The second-order valence-electron chi connectivity index (χ2n) is 6.62. The summed E-state index contributed by atoms with van der Waals surface area (Å²) in [4.78, 5) is 37.8. The highest BCUT2D eigenvalue weighted by atomic mass is 16.3. The Kier molecular flexibility index (Phi) is 6.44. The largest absolute Gasteiger partial charge is 0.472 e. The van der Waals surface area contributed by atoms with Crippen molar-refractivity contribution < 1.29 is 23.9 Å². The number of benzene rings is 1. The number of amides is 3. The Morgan fingerprint density at radius 1 is 1.21 bits per heavy atom. The van der Waals surface area contributed by atoms with Gasteiger partial charge in [0.25, 0.3) is 0 Å². The number of piperidine rings is 1. The molecule has 3 amide bonds. The third kappa shape index (κ3) is 4.98. The van der Waals surface area contributed by atoms with Gasteiger partial charge in [0.1, 0.15) is 0 Å². The van der Waals surface area contributed by atoms with Gasteiger partial charge < -0.3 is 25.1 Å². The number of aliphatic hydroxyl groups is 1. The maximum Gasteiger partial charge on any atom is 0.313 e. The molecule has 1 aliphatic heterocycles. The van der Waals surface area contributed by atoms with Gasteiger partial charge in [0.2, 0.25) is 5.91 Å². The van der Waals surface area contributed by atoms with E-state index in [1.807, 2.05) is 0 Å². The zero-order valence-corrected chi connectivity index (χ0v) is 15.4. The summed E-state index contributed by atoms with van der Waals surface area (Å²) in [5, 5.41) is 14.9. The fraction of sp³-hybridized carbons (Fsp3) is 0.350. The summed E-state index contributed by atoms with van der Waals surface area (Å²) in [6.45, 7) is 0.788. The Balaban J connectivity index is 1.50. The Morgan fingerprint density at radius 2 is 2.07 bits per heavy atom. The van der Waals surface area contributed by atoms with Gasteiger partial charge in [0.15, 0.2) is 0 Å². The molecule has 0 saturated carbocycles. The molecule has 1 aliphatic rings. The fourth-order valence-electron chi connectivity index (χ4n) is 3.05. The lowest BCUT2D eigenvalue weighted by Gasteiger charge is -2.27. The Hall–Kier alpha value is -3.13. The number of aliphatic hydroxyl groups excluding tert-OH is 1. The molecule has 0 aliphatic carbocycles. The number of rotatable bonds is 6. The van der Waals surface area contributed by atoms with E-state index in [-0.39, 0.29) is 18.9 Å². The van der Waals surface area contributed by atoms with E-state index in [0.717, 1.165) is 12.8 Å². The van der Waals surface area contributed by atoms with Crippen molar-refractivity contribution in [2.75, 3.05) is 23.3 Å². The van der Waals surface area contributed by atoms with Crippen LogP contribution in [-0.4, -0.2) is 35.9 Å². The van der Waals surface area contributed by atoms with Gasteiger partial charge in [-0.15, -0.1) is 0 Å². The van der Waals surface area contributed by atoms with Crippen LogP contribution < -0.4 is 15.5 Å². The topological polar surface area (TPSA) is 112 Å². The molecule has 8 nitrogen and oxygen atoms in total. The van der Waals surface area contributed by atoms with Gasteiger partial charge in [-0.3, -0.25) is 14.4 Å². The third-order valence-corrected chi connectivity index (χ3v) is 4.58. The van der Waals surface area contributed by atoms with Crippen molar-refractivity contribution in [2.24, 2.45) is 0 Å². The summed E-state index contributed by atoms with van der Waals surface area (Å²) in [5.41, 5.74) is 1.75. The Morgan fingerprint density at radius 3 is 2.82 bits per heavy atom. The summed E-state index contributed by atoms with van der Waals surface area (Å²) in [5.74, 6) is -1.54. The number of anilines is 2. The zero-order chi connectivity index (χ0) is 19.9. The van der Waals surface area contributed by atoms with Crippen molar-refractivity contribution in [3.8, 4) is 0 Å². The minimum Gasteiger partial charge on any atom is -0.472 e. The minimum atomic E-state index is -0.806. The van der Waals surface area contributed by atoms with E-state index in [0.29, 0.717) is 29.9 Å². The molecular weight excluding hydrogens is 362 g/mol. The van der Waals surface area contributed by atoms with E-state index in [9.17, 15) is 19.5 Å². The van der Waals surface area contributed by atoms with Crippen LogP contribution in [0.3, 0.4) is 0 Å². The summed E-state index contributed by atoms with van der Waals surface area (Å²) < 4.78 is 4.89. The maximum atomic E-state index is 12.1. The molecule has 2 heterocycles. The van der Waals surface area contributed by atoms with E-state index in [2.05, 4.69) is 10.6 Å². The van der Waals surface area contributed by atoms with Crippen LogP contribution >= 0.6 is 0 Å². The highest BCUT2D eigenvalue weighted by Crippen LogP contribution is 2.23. The molecule has 3 N–H and O–H groups in total. The zero-order valence-electron chi connectivity index (χ0n) is 15.4. The normalized spacial score (nSPS) is 15.2. The van der Waals surface area contributed by atoms with Crippen LogP contribution in [-0.2, 0) is 14.4 Å². The van der Waals surface area contributed by atoms with E-state index in [1.54, 1.807) is 35.2 Å². The first-order chi connectivity index (χ1) is 13.5. The molecule has 1 unspecified atom stereocenters. The first-order valence-electron chi connectivity index (χ1n) is 9.24. The minimum absolute atomic E-state index is 0.0589. The molecule has 148 valence electrons. The third-order valence-electron chi connectivity index (χ3n) is 4.58. The lowest BCUT2D eigenvalue weighted by atomic mass is 10.1. The Bertz CT molecular complexity index is 834. The summed E-state index contributed by atoms with van der Waals surface area (Å²) in [6.07, 6.45) is 4.71. The van der Waals surface area contributed by atoms with Crippen molar-refractivity contribution in [2.45, 2.75) is 31.8 Å². The predicted molar refractivity (Wildman–Crippen MR) is 103 cm³/mol. The summed E-state index contributed by atoms with van der Waals surface area (Å²) in [7, 11) is 0. The fourth-order valence-corrected chi connectivity index (χ4v) is 3.05. The number of nitrogens with zero attached hydrogens (tertiary/aromatic N) is 1. The molecule has 28 heavy (non-hydrogen) atoms. The van der Waals surface area contributed by atoms with Gasteiger partial charge in [-0.05, 0) is 43.5 Å². The van der Waals surface area contributed by atoms with Crippen LogP contribution in [0.1, 0.15) is 37.4 Å². The molecule has 2 aromatic rings. The van der Waals surface area contributed by atoms with E-state index in [1.165, 1.54) is 12.5 Å². The number of furan rings is 1. The number of hydrogen-bond donors (Lipinski definition) is 3. The lowest BCUT2D eigenvalue weighted by Crippen LogP contribution is -2.36. The van der Waals surface area contributed by atoms with Crippen LogP contribution in [0.25, 0.3) is 0 Å².